The van der Waals surface area contributed by atoms with Gasteiger partial charge in [-0.05, 0) is 29.6 Å². The molecule has 1 aromatic carbocycles. The minimum absolute atomic E-state index is 0.0419. The van der Waals surface area contributed by atoms with E-state index in [4.69, 9.17) is 9.47 Å². The highest BCUT2D eigenvalue weighted by Crippen LogP contribution is 2.34. The lowest BCUT2D eigenvalue weighted by Crippen LogP contribution is -2.45. The number of benzene rings is 1. The number of thiophene rings is 1. The molecular weight excluding hydrogens is 378 g/mol. The second-order valence-electron chi connectivity index (χ2n) is 6.77. The molecule has 0 saturated carbocycles. The Morgan fingerprint density at radius 1 is 1.18 bits per heavy atom. The van der Waals surface area contributed by atoms with Gasteiger partial charge in [0, 0.05) is 36.7 Å². The maximum atomic E-state index is 12.4. The number of fused-ring (bicyclic) bond motifs is 1. The first kappa shape index (κ1) is 18.9. The van der Waals surface area contributed by atoms with Gasteiger partial charge in [-0.25, -0.2) is 0 Å². The van der Waals surface area contributed by atoms with Crippen molar-refractivity contribution in [1.82, 2.24) is 4.90 Å². The lowest BCUT2D eigenvalue weighted by atomic mass is 10.2. The number of nitrogens with zero attached hydrogens (tertiary/aromatic N) is 2. The Labute approximate surface area is 167 Å². The zero-order chi connectivity index (χ0) is 19.3. The van der Waals surface area contributed by atoms with Gasteiger partial charge < -0.3 is 19.7 Å². The van der Waals surface area contributed by atoms with Crippen LogP contribution in [0, 0.1) is 0 Å². The van der Waals surface area contributed by atoms with Crippen LogP contribution in [0.1, 0.15) is 4.88 Å². The van der Waals surface area contributed by atoms with Crippen LogP contribution in [0.3, 0.4) is 0 Å². The van der Waals surface area contributed by atoms with Crippen LogP contribution in [-0.2, 0) is 20.7 Å². The Hall–Kier alpha value is -2.42. The Balaban J connectivity index is 1.44. The van der Waals surface area contributed by atoms with E-state index < -0.39 is 0 Å². The molecule has 4 rings (SSSR count). The Kier molecular flexibility index (Phi) is 5.90. The van der Waals surface area contributed by atoms with Gasteiger partial charge in [0.05, 0.1) is 25.3 Å². The van der Waals surface area contributed by atoms with E-state index in [9.17, 15) is 9.59 Å². The molecule has 3 heterocycles. The van der Waals surface area contributed by atoms with Gasteiger partial charge in [-0.2, -0.15) is 0 Å². The monoisotopic (exact) mass is 401 g/mol. The van der Waals surface area contributed by atoms with Gasteiger partial charge in [0.2, 0.25) is 5.91 Å². The summed E-state index contributed by atoms with van der Waals surface area (Å²) in [6.07, 6.45) is 0.338. The van der Waals surface area contributed by atoms with E-state index in [-0.39, 0.29) is 18.4 Å². The highest BCUT2D eigenvalue weighted by Gasteiger charge is 2.26. The van der Waals surface area contributed by atoms with E-state index in [1.165, 1.54) is 0 Å². The topological polar surface area (TPSA) is 71.1 Å². The molecule has 0 atom stereocenters. The molecule has 0 aliphatic carbocycles. The van der Waals surface area contributed by atoms with Crippen LogP contribution in [-0.4, -0.2) is 62.7 Å². The number of ether oxygens (including phenoxy) is 2. The number of amides is 2. The predicted molar refractivity (Wildman–Crippen MR) is 108 cm³/mol. The van der Waals surface area contributed by atoms with Crippen LogP contribution >= 0.6 is 11.3 Å². The number of carbonyl (C=O) groups is 2. The molecule has 1 N–H and O–H groups in total. The Bertz CT molecular complexity index is 834. The molecule has 1 aromatic heterocycles. The summed E-state index contributed by atoms with van der Waals surface area (Å²) in [4.78, 5) is 29.8. The molecule has 0 radical (unpaired) electrons. The summed E-state index contributed by atoms with van der Waals surface area (Å²) in [5, 5.41) is 4.87. The number of carbonyl (C=O) groups excluding carboxylic acids is 2. The molecule has 28 heavy (non-hydrogen) atoms. The summed E-state index contributed by atoms with van der Waals surface area (Å²) in [6.45, 7) is 4.63. The fourth-order valence-electron chi connectivity index (χ4n) is 3.37. The van der Waals surface area contributed by atoms with Gasteiger partial charge in [0.1, 0.15) is 5.75 Å². The lowest BCUT2D eigenvalue weighted by molar-refractivity contribution is -0.121. The van der Waals surface area contributed by atoms with Crippen molar-refractivity contribution in [2.24, 2.45) is 0 Å². The molecular formula is C20H23N3O4S. The molecule has 2 aliphatic heterocycles. The molecule has 7 nitrogen and oxygen atoms in total. The number of nitrogens with one attached hydrogen (secondary N) is 1. The Morgan fingerprint density at radius 3 is 2.82 bits per heavy atom. The third kappa shape index (κ3) is 4.52. The van der Waals surface area contributed by atoms with Gasteiger partial charge in [-0.3, -0.25) is 14.5 Å². The predicted octanol–water partition coefficient (Wildman–Crippen LogP) is 1.99. The zero-order valence-corrected chi connectivity index (χ0v) is 16.4. The van der Waals surface area contributed by atoms with Gasteiger partial charge in [0.15, 0.2) is 6.61 Å². The van der Waals surface area contributed by atoms with E-state index in [1.54, 1.807) is 22.3 Å². The molecule has 148 valence electrons. The number of hydrogen-bond donors (Lipinski definition) is 1. The molecule has 0 bridgehead atoms. The average Bonchev–Trinajstić information content (AvgIpc) is 3.21. The largest absolute Gasteiger partial charge is 0.482 e. The second-order valence-corrected chi connectivity index (χ2v) is 7.81. The highest BCUT2D eigenvalue weighted by molar-refractivity contribution is 7.10. The summed E-state index contributed by atoms with van der Waals surface area (Å²) in [6, 6.07) is 9.31. The number of anilines is 2. The molecule has 0 spiro atoms. The second kappa shape index (κ2) is 8.72. The van der Waals surface area contributed by atoms with Crippen molar-refractivity contribution < 1.29 is 19.1 Å². The van der Waals surface area contributed by atoms with E-state index >= 15 is 0 Å². The molecule has 0 unspecified atom stereocenters. The van der Waals surface area contributed by atoms with Crippen LogP contribution in [0.5, 0.6) is 5.75 Å². The SMILES string of the molecule is O=C(Cc1cccs1)Nc1ccc2c(c1)N(CCN1CCOCC1)C(=O)CO2. The van der Waals surface area contributed by atoms with Crippen LogP contribution in [0.15, 0.2) is 35.7 Å². The van der Waals surface area contributed by atoms with E-state index in [0.29, 0.717) is 30.1 Å². The van der Waals surface area contributed by atoms with Crippen LogP contribution in [0.4, 0.5) is 11.4 Å². The molecule has 2 aliphatic rings. The Morgan fingerprint density at radius 2 is 2.04 bits per heavy atom. The first-order valence-electron chi connectivity index (χ1n) is 9.38. The molecule has 2 amide bonds. The van der Waals surface area contributed by atoms with Crippen molar-refractivity contribution in [3.63, 3.8) is 0 Å². The number of rotatable bonds is 6. The fourth-order valence-corrected chi connectivity index (χ4v) is 4.07. The van der Waals surface area contributed by atoms with Crippen molar-refractivity contribution in [1.29, 1.82) is 0 Å². The molecule has 8 heteroatoms. The maximum Gasteiger partial charge on any atom is 0.265 e. The minimum atomic E-state index is -0.0784. The summed E-state index contributed by atoms with van der Waals surface area (Å²) < 4.78 is 10.9. The summed E-state index contributed by atoms with van der Waals surface area (Å²) in [5.74, 6) is 0.519. The molecule has 1 saturated heterocycles. The average molecular weight is 401 g/mol. The van der Waals surface area contributed by atoms with Gasteiger partial charge in [0.25, 0.3) is 5.91 Å². The van der Waals surface area contributed by atoms with Crippen LogP contribution in [0.25, 0.3) is 0 Å². The fraction of sp³-hybridized carbons (Fsp3) is 0.400. The quantitative estimate of drug-likeness (QED) is 0.802. The van der Waals surface area contributed by atoms with Gasteiger partial charge in [-0.15, -0.1) is 11.3 Å². The first-order chi connectivity index (χ1) is 13.7. The van der Waals surface area contributed by atoms with E-state index in [2.05, 4.69) is 10.2 Å². The van der Waals surface area contributed by atoms with E-state index in [0.717, 1.165) is 37.7 Å². The smallest absolute Gasteiger partial charge is 0.265 e. The zero-order valence-electron chi connectivity index (χ0n) is 15.6. The standard InChI is InChI=1S/C20H23N3O4S/c24-19(13-16-2-1-11-28-16)21-15-3-4-18-17(12-15)23(20(25)14-27-18)6-5-22-7-9-26-10-8-22/h1-4,11-12H,5-10,13-14H2,(H,21,24). The molecule has 1 fully saturated rings. The van der Waals surface area contributed by atoms with Crippen molar-refractivity contribution >= 4 is 34.5 Å². The van der Waals surface area contributed by atoms with Crippen molar-refractivity contribution in [2.45, 2.75) is 6.42 Å². The summed E-state index contributed by atoms with van der Waals surface area (Å²) in [5.41, 5.74) is 1.37. The first-order valence-corrected chi connectivity index (χ1v) is 10.3. The molecule has 2 aromatic rings. The van der Waals surface area contributed by atoms with E-state index in [1.807, 2.05) is 29.6 Å². The lowest BCUT2D eigenvalue weighted by Gasteiger charge is -2.33. The number of morpholine rings is 1. The normalized spacial score (nSPS) is 17.1. The highest BCUT2D eigenvalue weighted by atomic mass is 32.1. The maximum absolute atomic E-state index is 12.4. The summed E-state index contributed by atoms with van der Waals surface area (Å²) >= 11 is 1.56. The minimum Gasteiger partial charge on any atom is -0.482 e. The summed E-state index contributed by atoms with van der Waals surface area (Å²) in [7, 11) is 0. The van der Waals surface area contributed by atoms with Crippen molar-refractivity contribution in [3.05, 3.63) is 40.6 Å². The van der Waals surface area contributed by atoms with Crippen molar-refractivity contribution in [3.8, 4) is 5.75 Å². The van der Waals surface area contributed by atoms with Gasteiger partial charge in [-0.1, -0.05) is 6.07 Å². The van der Waals surface area contributed by atoms with Crippen LogP contribution < -0.4 is 15.0 Å². The van der Waals surface area contributed by atoms with Gasteiger partial charge >= 0.3 is 0 Å². The third-order valence-electron chi connectivity index (χ3n) is 4.84. The third-order valence-corrected chi connectivity index (χ3v) is 5.72. The van der Waals surface area contributed by atoms with Crippen LogP contribution in [0.2, 0.25) is 0 Å². The van der Waals surface area contributed by atoms with Crippen molar-refractivity contribution in [2.75, 3.05) is 56.2 Å². The number of hydrogen-bond acceptors (Lipinski definition) is 6.